The summed E-state index contributed by atoms with van der Waals surface area (Å²) in [7, 11) is 0. The number of rotatable bonds is 0. The molecule has 1 N–H and O–H groups in total. The van der Waals surface area contributed by atoms with Crippen molar-refractivity contribution in [3.63, 3.8) is 0 Å². The van der Waals surface area contributed by atoms with Crippen LogP contribution in [0.5, 0.6) is 0 Å². The molecule has 0 radical (unpaired) electrons. The van der Waals surface area contributed by atoms with Gasteiger partial charge in [-0.1, -0.05) is 0 Å². The highest BCUT2D eigenvalue weighted by molar-refractivity contribution is 8.14. The normalized spacial score (nSPS) is 18.7. The van der Waals surface area contributed by atoms with Crippen LogP contribution in [0.15, 0.2) is 11.5 Å². The molecule has 0 aromatic heterocycles. The van der Waals surface area contributed by atoms with Gasteiger partial charge in [-0.05, 0) is 23.2 Å². The fourth-order valence-corrected chi connectivity index (χ4v) is 0.786. The second kappa shape index (κ2) is 2.03. The average Bonchev–Trinajstić information content (AvgIpc) is 1.72. The van der Waals surface area contributed by atoms with Crippen LogP contribution >= 0.6 is 11.8 Å². The lowest BCUT2D eigenvalue weighted by atomic mass is 10.6. The van der Waals surface area contributed by atoms with Gasteiger partial charge in [-0.15, -0.1) is 0 Å². The third kappa shape index (κ3) is 0.863. The summed E-state index contributed by atoms with van der Waals surface area (Å²) >= 11 is 1.68. The van der Waals surface area contributed by atoms with Crippen LogP contribution in [0.3, 0.4) is 0 Å². The fraction of sp³-hybridized carbons (Fsp3) is 0.250. The summed E-state index contributed by atoms with van der Waals surface area (Å²) in [6.07, 6.45) is 2.09. The van der Waals surface area contributed by atoms with Crippen LogP contribution in [0, 0.1) is 0 Å². The maximum absolute atomic E-state index is 3.04. The monoisotopic (exact) mass is 100 g/mol. The Morgan fingerprint density at radius 3 is 2.83 bits per heavy atom. The summed E-state index contributed by atoms with van der Waals surface area (Å²) in [5.74, 6) is 0. The lowest BCUT2D eigenvalue weighted by Crippen LogP contribution is -2.68. The summed E-state index contributed by atoms with van der Waals surface area (Å²) < 4.78 is 0. The van der Waals surface area contributed by atoms with Gasteiger partial charge in [0.05, 0.1) is 0 Å². The molecule has 1 heterocycles. The van der Waals surface area contributed by atoms with Crippen molar-refractivity contribution in [1.82, 2.24) is 0 Å². The van der Waals surface area contributed by atoms with Gasteiger partial charge in [0.15, 0.2) is 6.54 Å². The lowest BCUT2D eigenvalue weighted by Gasteiger charge is -1.80. The van der Waals surface area contributed by atoms with Crippen molar-refractivity contribution < 1.29 is 4.99 Å². The first-order chi connectivity index (χ1) is 3.00. The third-order valence-corrected chi connectivity index (χ3v) is 1.21. The van der Waals surface area contributed by atoms with Crippen LogP contribution < -0.4 is 4.99 Å². The van der Waals surface area contributed by atoms with E-state index in [2.05, 4.69) is 16.5 Å². The second-order valence-corrected chi connectivity index (χ2v) is 1.81. The molecule has 0 aromatic carbocycles. The molecule has 1 nitrogen and oxygen atoms in total. The molecule has 2 heteroatoms. The number of nitrogens with one attached hydrogen (secondary N) is 1. The fourth-order valence-electron chi connectivity index (χ4n) is 0.307. The zero-order chi connectivity index (χ0) is 4.24. The Morgan fingerprint density at radius 2 is 2.67 bits per heavy atom. The molecule has 1 rings (SSSR count). The molecule has 0 spiro atoms. The van der Waals surface area contributed by atoms with Crippen LogP contribution in [-0.4, -0.2) is 12.1 Å². The van der Waals surface area contributed by atoms with Crippen LogP contribution in [0.1, 0.15) is 0 Å². The van der Waals surface area contributed by atoms with E-state index in [1.165, 1.54) is 0 Å². The van der Waals surface area contributed by atoms with Gasteiger partial charge < -0.3 is 0 Å². The molecule has 0 unspecified atom stereocenters. The van der Waals surface area contributed by atoms with Gasteiger partial charge in [0, 0.05) is 0 Å². The first-order valence-electron chi connectivity index (χ1n) is 1.86. The zero-order valence-corrected chi connectivity index (χ0v) is 4.16. The Balaban J connectivity index is 2.40. The van der Waals surface area contributed by atoms with Crippen LogP contribution in [0.2, 0.25) is 0 Å². The molecule has 0 aliphatic carbocycles. The van der Waals surface area contributed by atoms with Crippen LogP contribution in [0.25, 0.3) is 0 Å². The van der Waals surface area contributed by atoms with Crippen molar-refractivity contribution in [1.29, 1.82) is 0 Å². The van der Waals surface area contributed by atoms with E-state index in [1.54, 1.807) is 11.8 Å². The molecule has 0 bridgehead atoms. The van der Waals surface area contributed by atoms with Crippen molar-refractivity contribution in [2.75, 3.05) is 6.54 Å². The molecule has 0 saturated carbocycles. The largest absolute Gasteiger partial charge is 0.239 e. The van der Waals surface area contributed by atoms with E-state index in [1.807, 2.05) is 5.55 Å². The third-order valence-electron chi connectivity index (χ3n) is 0.562. The Labute approximate surface area is 41.2 Å². The van der Waals surface area contributed by atoms with E-state index in [9.17, 15) is 0 Å². The second-order valence-electron chi connectivity index (χ2n) is 1.03. The van der Waals surface area contributed by atoms with E-state index < -0.39 is 0 Å². The SMILES string of the molecule is C1=CSC=[NH+]C1. The zero-order valence-electron chi connectivity index (χ0n) is 3.35. The predicted molar refractivity (Wildman–Crippen MR) is 28.6 cm³/mol. The maximum atomic E-state index is 3.04. The molecular weight excluding hydrogens is 94.1 g/mol. The highest BCUT2D eigenvalue weighted by Gasteiger charge is 1.83. The molecule has 0 atom stereocenters. The van der Waals surface area contributed by atoms with Gasteiger partial charge in [0.1, 0.15) is 0 Å². The lowest BCUT2D eigenvalue weighted by molar-refractivity contribution is -0.436. The van der Waals surface area contributed by atoms with E-state index >= 15 is 0 Å². The standard InChI is InChI=1S/C4H5NS/c1-2-5-4-6-3-1/h1,3-4H,2H2/p+1. The smallest absolute Gasteiger partial charge is 0.200 e. The van der Waals surface area contributed by atoms with Crippen LogP contribution in [0.4, 0.5) is 0 Å². The van der Waals surface area contributed by atoms with Gasteiger partial charge in [-0.2, -0.15) is 0 Å². The van der Waals surface area contributed by atoms with Crippen LogP contribution in [-0.2, 0) is 0 Å². The topological polar surface area (TPSA) is 14.0 Å². The van der Waals surface area contributed by atoms with Crippen molar-refractivity contribution in [2.24, 2.45) is 0 Å². The van der Waals surface area contributed by atoms with Crippen molar-refractivity contribution in [3.05, 3.63) is 11.5 Å². The molecule has 6 heavy (non-hydrogen) atoms. The minimum Gasteiger partial charge on any atom is -0.239 e. The van der Waals surface area contributed by atoms with Crippen molar-refractivity contribution >= 4 is 17.3 Å². The minimum atomic E-state index is 0.993. The molecular formula is C4H6NS+. The Kier molecular flexibility index (Phi) is 1.33. The van der Waals surface area contributed by atoms with E-state index in [4.69, 9.17) is 0 Å². The first kappa shape index (κ1) is 3.93. The molecule has 0 saturated heterocycles. The predicted octanol–water partition coefficient (Wildman–Crippen LogP) is -0.644. The molecule has 0 fully saturated rings. The highest BCUT2D eigenvalue weighted by atomic mass is 32.2. The summed E-state index contributed by atoms with van der Waals surface area (Å²) in [4.78, 5) is 3.04. The van der Waals surface area contributed by atoms with Gasteiger partial charge in [0.2, 0.25) is 5.55 Å². The van der Waals surface area contributed by atoms with Gasteiger partial charge in [-0.25, -0.2) is 4.99 Å². The Morgan fingerprint density at radius 1 is 1.67 bits per heavy atom. The summed E-state index contributed by atoms with van der Waals surface area (Å²) in [5, 5.41) is 2.07. The van der Waals surface area contributed by atoms with Crippen molar-refractivity contribution in [2.45, 2.75) is 0 Å². The van der Waals surface area contributed by atoms with E-state index in [0.717, 1.165) is 6.54 Å². The van der Waals surface area contributed by atoms with E-state index in [0.29, 0.717) is 0 Å². The highest BCUT2D eigenvalue weighted by Crippen LogP contribution is 1.92. The van der Waals surface area contributed by atoms with Crippen molar-refractivity contribution in [3.8, 4) is 0 Å². The van der Waals surface area contributed by atoms with Gasteiger partial charge in [0.25, 0.3) is 0 Å². The number of hydrogen-bond donors (Lipinski definition) is 1. The molecule has 0 amide bonds. The molecule has 1 aliphatic rings. The molecule has 1 aliphatic heterocycles. The molecule has 32 valence electrons. The van der Waals surface area contributed by atoms with Gasteiger partial charge >= 0.3 is 0 Å². The quantitative estimate of drug-likeness (QED) is 0.427. The number of thioether (sulfide) groups is 1. The average molecular weight is 100 g/mol. The summed E-state index contributed by atoms with van der Waals surface area (Å²) in [6, 6.07) is 0. The summed E-state index contributed by atoms with van der Waals surface area (Å²) in [6.45, 7) is 0.993. The summed E-state index contributed by atoms with van der Waals surface area (Å²) in [5.41, 5.74) is 1.97. The number of hydrogen-bond acceptors (Lipinski definition) is 1. The maximum Gasteiger partial charge on any atom is 0.200 e. The Hall–Kier alpha value is -0.240. The minimum absolute atomic E-state index is 0.993. The van der Waals surface area contributed by atoms with E-state index in [-0.39, 0.29) is 0 Å². The van der Waals surface area contributed by atoms with Gasteiger partial charge in [-0.3, -0.25) is 0 Å². The first-order valence-corrected chi connectivity index (χ1v) is 2.80. The molecule has 0 aromatic rings. The Bertz CT molecular complexity index is 65.5.